The fourth-order valence-electron chi connectivity index (χ4n) is 1.57. The monoisotopic (exact) mass is 229 g/mol. The van der Waals surface area contributed by atoms with Crippen LogP contribution in [0.3, 0.4) is 0 Å². The normalized spacial score (nSPS) is 14.8. The smallest absolute Gasteiger partial charge is 0.130 e. The molecule has 16 heavy (non-hydrogen) atoms. The second-order valence-corrected chi connectivity index (χ2v) is 3.88. The highest BCUT2D eigenvalue weighted by molar-refractivity contribution is 5.22. The summed E-state index contributed by atoms with van der Waals surface area (Å²) in [6.45, 7) is 3.94. The maximum absolute atomic E-state index is 13.5. The van der Waals surface area contributed by atoms with Gasteiger partial charge in [0.2, 0.25) is 0 Å². The Balaban J connectivity index is 2.78. The summed E-state index contributed by atoms with van der Waals surface area (Å²) in [4.78, 5) is 0. The number of aliphatic hydroxyl groups excluding tert-OH is 1. The van der Waals surface area contributed by atoms with Gasteiger partial charge in [0.05, 0.1) is 6.10 Å². The Morgan fingerprint density at radius 2 is 2.06 bits per heavy atom. The molecule has 0 aliphatic heterocycles. The third-order valence-corrected chi connectivity index (χ3v) is 2.41. The van der Waals surface area contributed by atoms with Crippen LogP contribution in [-0.4, -0.2) is 17.8 Å². The van der Waals surface area contributed by atoms with Gasteiger partial charge < -0.3 is 10.4 Å². The van der Waals surface area contributed by atoms with Crippen molar-refractivity contribution in [3.63, 3.8) is 0 Å². The molecule has 0 amide bonds. The van der Waals surface area contributed by atoms with Gasteiger partial charge in [-0.05, 0) is 19.4 Å². The number of benzene rings is 1. The first-order valence-electron chi connectivity index (χ1n) is 5.41. The summed E-state index contributed by atoms with van der Waals surface area (Å²) >= 11 is 0. The zero-order valence-corrected chi connectivity index (χ0v) is 9.50. The lowest BCUT2D eigenvalue weighted by atomic mass is 10.0. The summed E-state index contributed by atoms with van der Waals surface area (Å²) in [5.41, 5.74) is 0.435. The molecule has 0 radical (unpaired) electrons. The summed E-state index contributed by atoms with van der Waals surface area (Å²) in [5, 5.41) is 12.2. The quantitative estimate of drug-likeness (QED) is 0.812. The van der Waals surface area contributed by atoms with E-state index in [4.69, 9.17) is 5.11 Å². The molecular formula is C12H17F2NO. The van der Waals surface area contributed by atoms with E-state index in [0.29, 0.717) is 18.5 Å². The fraction of sp³-hybridized carbons (Fsp3) is 0.500. The minimum absolute atomic E-state index is 0.199. The minimum Gasteiger partial charge on any atom is -0.392 e. The molecule has 0 spiro atoms. The number of hydrogen-bond donors (Lipinski definition) is 2. The second-order valence-electron chi connectivity index (χ2n) is 3.88. The Morgan fingerprint density at radius 1 is 1.38 bits per heavy atom. The van der Waals surface area contributed by atoms with Crippen molar-refractivity contribution >= 4 is 0 Å². The van der Waals surface area contributed by atoms with Gasteiger partial charge in [-0.3, -0.25) is 0 Å². The Kier molecular flexibility index (Phi) is 4.83. The molecule has 2 N–H and O–H groups in total. The molecule has 2 unspecified atom stereocenters. The lowest BCUT2D eigenvalue weighted by Crippen LogP contribution is -2.29. The molecule has 0 heterocycles. The highest BCUT2D eigenvalue weighted by Gasteiger charge is 2.14. The first-order valence-corrected chi connectivity index (χ1v) is 5.41. The van der Waals surface area contributed by atoms with Crippen molar-refractivity contribution < 1.29 is 13.9 Å². The predicted octanol–water partition coefficient (Wildman–Crippen LogP) is 2.39. The zero-order chi connectivity index (χ0) is 12.1. The lowest BCUT2D eigenvalue weighted by molar-refractivity contribution is 0.185. The Hall–Kier alpha value is -1.00. The van der Waals surface area contributed by atoms with Gasteiger partial charge in [0.25, 0.3) is 0 Å². The highest BCUT2D eigenvalue weighted by Crippen LogP contribution is 2.20. The van der Waals surface area contributed by atoms with E-state index in [1.54, 1.807) is 6.92 Å². The van der Waals surface area contributed by atoms with Gasteiger partial charge >= 0.3 is 0 Å². The average molecular weight is 229 g/mol. The third-order valence-electron chi connectivity index (χ3n) is 2.41. The molecular weight excluding hydrogens is 212 g/mol. The number of nitrogens with one attached hydrogen (secondary N) is 1. The SMILES string of the molecule is CCC(NCC(C)O)c1ccc(F)cc1F. The van der Waals surface area contributed by atoms with Crippen molar-refractivity contribution in [1.82, 2.24) is 5.32 Å². The van der Waals surface area contributed by atoms with Gasteiger partial charge in [-0.1, -0.05) is 13.0 Å². The topological polar surface area (TPSA) is 32.3 Å². The highest BCUT2D eigenvalue weighted by atomic mass is 19.1. The van der Waals surface area contributed by atoms with Crippen LogP contribution in [-0.2, 0) is 0 Å². The van der Waals surface area contributed by atoms with E-state index in [2.05, 4.69) is 5.32 Å². The van der Waals surface area contributed by atoms with Gasteiger partial charge in [0, 0.05) is 24.2 Å². The van der Waals surface area contributed by atoms with E-state index in [1.807, 2.05) is 6.92 Å². The van der Waals surface area contributed by atoms with Crippen LogP contribution in [0, 0.1) is 11.6 Å². The van der Waals surface area contributed by atoms with E-state index < -0.39 is 17.7 Å². The molecule has 1 rings (SSSR count). The standard InChI is InChI=1S/C12H17F2NO/c1-3-12(15-7-8(2)16)10-5-4-9(13)6-11(10)14/h4-6,8,12,15-16H,3,7H2,1-2H3. The fourth-order valence-corrected chi connectivity index (χ4v) is 1.57. The van der Waals surface area contributed by atoms with Crippen molar-refractivity contribution in [1.29, 1.82) is 0 Å². The molecule has 0 saturated carbocycles. The number of rotatable bonds is 5. The molecule has 90 valence electrons. The van der Waals surface area contributed by atoms with Crippen LogP contribution in [0.1, 0.15) is 31.9 Å². The number of aliphatic hydroxyl groups is 1. The minimum atomic E-state index is -0.577. The van der Waals surface area contributed by atoms with Gasteiger partial charge in [0.1, 0.15) is 11.6 Å². The van der Waals surface area contributed by atoms with Crippen LogP contribution in [0.5, 0.6) is 0 Å². The Morgan fingerprint density at radius 3 is 2.56 bits per heavy atom. The van der Waals surface area contributed by atoms with E-state index in [0.717, 1.165) is 6.07 Å². The summed E-state index contributed by atoms with van der Waals surface area (Å²) < 4.78 is 26.2. The van der Waals surface area contributed by atoms with E-state index in [1.165, 1.54) is 12.1 Å². The van der Waals surface area contributed by atoms with E-state index in [9.17, 15) is 8.78 Å². The molecule has 0 fully saturated rings. The molecule has 2 atom stereocenters. The van der Waals surface area contributed by atoms with Crippen molar-refractivity contribution in [3.8, 4) is 0 Å². The summed E-state index contributed by atoms with van der Waals surface area (Å²) in [6.07, 6.45) is 0.187. The maximum atomic E-state index is 13.5. The molecule has 0 aliphatic rings. The Labute approximate surface area is 94.3 Å². The molecule has 2 nitrogen and oxygen atoms in total. The van der Waals surface area contributed by atoms with Crippen LogP contribution in [0.2, 0.25) is 0 Å². The summed E-state index contributed by atoms with van der Waals surface area (Å²) in [5.74, 6) is -1.13. The summed E-state index contributed by atoms with van der Waals surface area (Å²) in [7, 11) is 0. The van der Waals surface area contributed by atoms with Crippen molar-refractivity contribution in [3.05, 3.63) is 35.4 Å². The summed E-state index contributed by atoms with van der Waals surface area (Å²) in [6, 6.07) is 3.36. The van der Waals surface area contributed by atoms with E-state index in [-0.39, 0.29) is 6.04 Å². The van der Waals surface area contributed by atoms with Gasteiger partial charge in [0.15, 0.2) is 0 Å². The molecule has 0 bridgehead atoms. The molecule has 1 aromatic carbocycles. The van der Waals surface area contributed by atoms with Crippen molar-refractivity contribution in [2.45, 2.75) is 32.4 Å². The first kappa shape index (κ1) is 13.1. The maximum Gasteiger partial charge on any atom is 0.130 e. The van der Waals surface area contributed by atoms with Crippen LogP contribution in [0.15, 0.2) is 18.2 Å². The average Bonchev–Trinajstić information content (AvgIpc) is 2.21. The Bertz CT molecular complexity index is 342. The van der Waals surface area contributed by atoms with Crippen molar-refractivity contribution in [2.75, 3.05) is 6.54 Å². The van der Waals surface area contributed by atoms with Crippen LogP contribution < -0.4 is 5.32 Å². The molecule has 0 saturated heterocycles. The van der Waals surface area contributed by atoms with Crippen LogP contribution in [0.25, 0.3) is 0 Å². The van der Waals surface area contributed by atoms with Gasteiger partial charge in [-0.25, -0.2) is 8.78 Å². The number of hydrogen-bond acceptors (Lipinski definition) is 2. The second kappa shape index (κ2) is 5.92. The number of halogens is 2. The molecule has 1 aromatic rings. The van der Waals surface area contributed by atoms with Gasteiger partial charge in [-0.2, -0.15) is 0 Å². The van der Waals surface area contributed by atoms with Crippen LogP contribution >= 0.6 is 0 Å². The molecule has 4 heteroatoms. The third kappa shape index (κ3) is 3.54. The molecule has 0 aliphatic carbocycles. The van der Waals surface area contributed by atoms with Crippen molar-refractivity contribution in [2.24, 2.45) is 0 Å². The van der Waals surface area contributed by atoms with Crippen LogP contribution in [0.4, 0.5) is 8.78 Å². The lowest BCUT2D eigenvalue weighted by Gasteiger charge is -2.19. The van der Waals surface area contributed by atoms with E-state index >= 15 is 0 Å². The zero-order valence-electron chi connectivity index (χ0n) is 9.50. The molecule has 0 aromatic heterocycles. The predicted molar refractivity (Wildman–Crippen MR) is 59.1 cm³/mol. The first-order chi connectivity index (χ1) is 7.54. The largest absolute Gasteiger partial charge is 0.392 e. The van der Waals surface area contributed by atoms with Gasteiger partial charge in [-0.15, -0.1) is 0 Å².